The van der Waals surface area contributed by atoms with Crippen LogP contribution in [-0.2, 0) is 15.8 Å². The van der Waals surface area contributed by atoms with Gasteiger partial charge in [0.1, 0.15) is 0 Å². The van der Waals surface area contributed by atoms with Crippen molar-refractivity contribution in [3.8, 4) is 0 Å². The molecule has 21 heavy (non-hydrogen) atoms. The molecule has 1 aromatic carbocycles. The van der Waals surface area contributed by atoms with Crippen LogP contribution < -0.4 is 0 Å². The SMILES string of the molecule is C=C(C[Si](C)(C)OC(C)C)[C@H](C)COCc1ccccc1. The Bertz CT molecular complexity index is 426. The summed E-state index contributed by atoms with van der Waals surface area (Å²) in [6, 6.07) is 11.3. The minimum absolute atomic E-state index is 0.295. The van der Waals surface area contributed by atoms with Crippen molar-refractivity contribution in [2.24, 2.45) is 5.92 Å². The standard InChI is InChI=1S/C18H30O2Si/c1-15(2)20-21(5,6)14-17(4)16(3)12-19-13-18-10-8-7-9-11-18/h7-11,15-16H,4,12-14H2,1-3,5-6H3/t16-/m1/s1. The molecular weight excluding hydrogens is 276 g/mol. The molecular formula is C18H30O2Si. The lowest BCUT2D eigenvalue weighted by Crippen LogP contribution is -2.34. The summed E-state index contributed by atoms with van der Waals surface area (Å²) < 4.78 is 11.9. The summed E-state index contributed by atoms with van der Waals surface area (Å²) in [6.45, 7) is 16.5. The molecule has 0 spiro atoms. The number of ether oxygens (including phenoxy) is 1. The lowest BCUT2D eigenvalue weighted by Gasteiger charge is -2.28. The number of hydrogen-bond acceptors (Lipinski definition) is 2. The van der Waals surface area contributed by atoms with Crippen molar-refractivity contribution in [2.45, 2.75) is 52.6 Å². The van der Waals surface area contributed by atoms with Crippen molar-refractivity contribution in [3.63, 3.8) is 0 Å². The Morgan fingerprint density at radius 3 is 2.33 bits per heavy atom. The molecule has 0 bridgehead atoms. The Hall–Kier alpha value is -0.903. The van der Waals surface area contributed by atoms with Crippen molar-refractivity contribution in [3.05, 3.63) is 48.0 Å². The Morgan fingerprint density at radius 1 is 1.14 bits per heavy atom. The van der Waals surface area contributed by atoms with E-state index in [1.807, 2.05) is 18.2 Å². The van der Waals surface area contributed by atoms with Gasteiger partial charge in [-0.05, 0) is 44.5 Å². The molecule has 0 N–H and O–H groups in total. The van der Waals surface area contributed by atoms with Crippen LogP contribution in [-0.4, -0.2) is 21.0 Å². The summed E-state index contributed by atoms with van der Waals surface area (Å²) in [5.74, 6) is 0.372. The Labute approximate surface area is 131 Å². The van der Waals surface area contributed by atoms with Crippen LogP contribution in [0, 0.1) is 5.92 Å². The quantitative estimate of drug-likeness (QED) is 0.471. The second-order valence-corrected chi connectivity index (χ2v) is 10.8. The van der Waals surface area contributed by atoms with Gasteiger partial charge in [0.25, 0.3) is 0 Å². The van der Waals surface area contributed by atoms with Gasteiger partial charge in [-0.3, -0.25) is 0 Å². The predicted octanol–water partition coefficient (Wildman–Crippen LogP) is 5.03. The first-order valence-electron chi connectivity index (χ1n) is 7.77. The van der Waals surface area contributed by atoms with Crippen LogP contribution in [0.2, 0.25) is 19.1 Å². The van der Waals surface area contributed by atoms with Gasteiger partial charge in [0, 0.05) is 6.10 Å². The van der Waals surface area contributed by atoms with Gasteiger partial charge in [-0.2, -0.15) is 0 Å². The van der Waals surface area contributed by atoms with Gasteiger partial charge in [0.15, 0.2) is 8.32 Å². The van der Waals surface area contributed by atoms with E-state index < -0.39 is 8.32 Å². The van der Waals surface area contributed by atoms with E-state index in [0.29, 0.717) is 18.6 Å². The van der Waals surface area contributed by atoms with Gasteiger partial charge >= 0.3 is 0 Å². The molecule has 0 heterocycles. The molecule has 1 rings (SSSR count). The van der Waals surface area contributed by atoms with E-state index in [2.05, 4.69) is 52.6 Å². The smallest absolute Gasteiger partial charge is 0.191 e. The topological polar surface area (TPSA) is 18.5 Å². The molecule has 1 aromatic rings. The second kappa shape index (κ2) is 8.52. The van der Waals surface area contributed by atoms with Crippen LogP contribution in [0.4, 0.5) is 0 Å². The monoisotopic (exact) mass is 306 g/mol. The van der Waals surface area contributed by atoms with Crippen LogP contribution in [0.25, 0.3) is 0 Å². The highest BCUT2D eigenvalue weighted by atomic mass is 28.4. The third-order valence-electron chi connectivity index (χ3n) is 3.38. The molecule has 0 fully saturated rings. The zero-order valence-electron chi connectivity index (χ0n) is 14.2. The third kappa shape index (κ3) is 7.60. The molecule has 0 saturated carbocycles. The highest BCUT2D eigenvalue weighted by molar-refractivity contribution is 6.71. The molecule has 118 valence electrons. The summed E-state index contributed by atoms with van der Waals surface area (Å²) in [5, 5.41) is 0. The van der Waals surface area contributed by atoms with Crippen LogP contribution in [0.15, 0.2) is 42.5 Å². The zero-order chi connectivity index (χ0) is 15.9. The normalized spacial score (nSPS) is 13.4. The maximum Gasteiger partial charge on any atom is 0.191 e. The van der Waals surface area contributed by atoms with Crippen LogP contribution in [0.3, 0.4) is 0 Å². The van der Waals surface area contributed by atoms with E-state index in [1.165, 1.54) is 11.1 Å². The summed E-state index contributed by atoms with van der Waals surface area (Å²) in [6.07, 6.45) is 0.295. The van der Waals surface area contributed by atoms with E-state index in [4.69, 9.17) is 9.16 Å². The maximum atomic E-state index is 6.07. The molecule has 0 radical (unpaired) electrons. The van der Waals surface area contributed by atoms with E-state index in [9.17, 15) is 0 Å². The average molecular weight is 307 g/mol. The predicted molar refractivity (Wildman–Crippen MR) is 92.9 cm³/mol. The first kappa shape index (κ1) is 18.1. The number of rotatable bonds is 9. The molecule has 2 nitrogen and oxygen atoms in total. The van der Waals surface area contributed by atoms with Gasteiger partial charge in [0.2, 0.25) is 0 Å². The van der Waals surface area contributed by atoms with Crippen LogP contribution in [0.5, 0.6) is 0 Å². The van der Waals surface area contributed by atoms with Crippen molar-refractivity contribution >= 4 is 8.32 Å². The third-order valence-corrected chi connectivity index (χ3v) is 5.80. The zero-order valence-corrected chi connectivity index (χ0v) is 15.2. The maximum absolute atomic E-state index is 6.07. The summed E-state index contributed by atoms with van der Waals surface area (Å²) in [7, 11) is -1.65. The summed E-state index contributed by atoms with van der Waals surface area (Å²) in [4.78, 5) is 0. The molecule has 0 unspecified atom stereocenters. The van der Waals surface area contributed by atoms with Gasteiger partial charge in [-0.1, -0.05) is 49.4 Å². The van der Waals surface area contributed by atoms with Gasteiger partial charge in [-0.15, -0.1) is 0 Å². The highest BCUT2D eigenvalue weighted by Crippen LogP contribution is 2.24. The fourth-order valence-corrected chi connectivity index (χ4v) is 5.25. The van der Waals surface area contributed by atoms with Crippen molar-refractivity contribution in [1.82, 2.24) is 0 Å². The highest BCUT2D eigenvalue weighted by Gasteiger charge is 2.26. The molecule has 1 atom stereocenters. The lowest BCUT2D eigenvalue weighted by atomic mass is 10.1. The fourth-order valence-electron chi connectivity index (χ4n) is 2.45. The Morgan fingerprint density at radius 2 is 1.76 bits per heavy atom. The summed E-state index contributed by atoms with van der Waals surface area (Å²) in [5.41, 5.74) is 2.47. The fraction of sp³-hybridized carbons (Fsp3) is 0.556. The molecule has 3 heteroatoms. The molecule has 0 aliphatic rings. The molecule has 0 aliphatic heterocycles. The Balaban J connectivity index is 2.34. The second-order valence-electron chi connectivity index (χ2n) is 6.66. The van der Waals surface area contributed by atoms with Crippen molar-refractivity contribution in [1.29, 1.82) is 0 Å². The van der Waals surface area contributed by atoms with Gasteiger partial charge < -0.3 is 9.16 Å². The first-order chi connectivity index (χ1) is 9.80. The van der Waals surface area contributed by atoms with E-state index >= 15 is 0 Å². The van der Waals surface area contributed by atoms with E-state index in [-0.39, 0.29) is 0 Å². The van der Waals surface area contributed by atoms with Crippen LogP contribution in [0.1, 0.15) is 26.3 Å². The lowest BCUT2D eigenvalue weighted by molar-refractivity contribution is 0.101. The number of benzene rings is 1. The van der Waals surface area contributed by atoms with E-state index in [0.717, 1.165) is 12.7 Å². The Kier molecular flexibility index (Phi) is 7.36. The molecule has 0 saturated heterocycles. The van der Waals surface area contributed by atoms with Crippen LogP contribution >= 0.6 is 0 Å². The van der Waals surface area contributed by atoms with Crippen molar-refractivity contribution in [2.75, 3.05) is 6.61 Å². The largest absolute Gasteiger partial charge is 0.415 e. The minimum Gasteiger partial charge on any atom is -0.415 e. The molecule has 0 aromatic heterocycles. The van der Waals surface area contributed by atoms with Crippen molar-refractivity contribution < 1.29 is 9.16 Å². The minimum atomic E-state index is -1.65. The van der Waals surface area contributed by atoms with Gasteiger partial charge in [0.05, 0.1) is 13.2 Å². The average Bonchev–Trinajstić information content (AvgIpc) is 2.37. The number of hydrogen-bond donors (Lipinski definition) is 0. The molecule has 0 amide bonds. The first-order valence-corrected chi connectivity index (χ1v) is 10.9. The summed E-state index contributed by atoms with van der Waals surface area (Å²) >= 11 is 0. The van der Waals surface area contributed by atoms with E-state index in [1.54, 1.807) is 0 Å². The van der Waals surface area contributed by atoms with Gasteiger partial charge in [-0.25, -0.2) is 0 Å². The molecule has 0 aliphatic carbocycles.